The van der Waals surface area contributed by atoms with Crippen LogP contribution in [-0.2, 0) is 0 Å². The quantitative estimate of drug-likeness (QED) is 0.584. The van der Waals surface area contributed by atoms with Crippen molar-refractivity contribution in [1.82, 2.24) is 0 Å². The van der Waals surface area contributed by atoms with Crippen LogP contribution in [0.15, 0.2) is 31.4 Å². The molecule has 0 aliphatic heterocycles. The molecule has 0 unspecified atom stereocenters. The molecule has 0 heterocycles. The molecule has 1 rings (SSSR count). The van der Waals surface area contributed by atoms with Gasteiger partial charge in [0.15, 0.2) is 0 Å². The maximum Gasteiger partial charge on any atom is 0.252 e. The Morgan fingerprint density at radius 1 is 0.947 bits per heavy atom. The van der Waals surface area contributed by atoms with Crippen LogP contribution in [0.3, 0.4) is 0 Å². The van der Waals surface area contributed by atoms with Crippen molar-refractivity contribution in [2.24, 2.45) is 0 Å². The van der Waals surface area contributed by atoms with Gasteiger partial charge in [-0.05, 0) is 23.7 Å². The molecule has 0 saturated heterocycles. The van der Waals surface area contributed by atoms with E-state index in [1.54, 1.807) is 18.2 Å². The van der Waals surface area contributed by atoms with Crippen LogP contribution in [0.1, 0.15) is 38.1 Å². The molecule has 0 bridgehead atoms. The predicted molar refractivity (Wildman–Crippen MR) is 83.7 cm³/mol. The third kappa shape index (κ3) is 10.2. The first-order valence-electron chi connectivity index (χ1n) is 6.10. The molecule has 3 nitrogen and oxygen atoms in total. The molecular weight excluding hydrogens is 264 g/mol. The van der Waals surface area contributed by atoms with Crippen molar-refractivity contribution >= 4 is 16.8 Å². The van der Waals surface area contributed by atoms with E-state index >= 15 is 0 Å². The Kier molecular flexibility index (Phi) is 19.7. The fourth-order valence-corrected chi connectivity index (χ4v) is 1.03. The van der Waals surface area contributed by atoms with Gasteiger partial charge in [-0.15, -0.1) is 13.2 Å². The fourth-order valence-electron chi connectivity index (χ4n) is 0.921. The first-order valence-corrected chi connectivity index (χ1v) is 6.48. The monoisotopic (exact) mass is 288 g/mol. The molecule has 0 spiro atoms. The Labute approximate surface area is 122 Å². The van der Waals surface area contributed by atoms with E-state index in [1.165, 1.54) is 14.2 Å². The van der Waals surface area contributed by atoms with Crippen LogP contribution in [0.25, 0.3) is 0 Å². The molecule has 0 radical (unpaired) electrons. The highest BCUT2D eigenvalue weighted by Gasteiger charge is 2.06. The summed E-state index contributed by atoms with van der Waals surface area (Å²) in [6.45, 7) is 14.0. The lowest BCUT2D eigenvalue weighted by Crippen LogP contribution is -1.93. The van der Waals surface area contributed by atoms with E-state index < -0.39 is 5.24 Å². The molecule has 110 valence electrons. The van der Waals surface area contributed by atoms with Crippen molar-refractivity contribution in [3.8, 4) is 11.5 Å². The third-order valence-corrected chi connectivity index (χ3v) is 1.80. The number of carbonyl (C=O) groups excluding carboxylic acids is 1. The van der Waals surface area contributed by atoms with Crippen molar-refractivity contribution in [2.45, 2.75) is 27.7 Å². The first-order chi connectivity index (χ1) is 9.17. The zero-order chi connectivity index (χ0) is 15.8. The summed E-state index contributed by atoms with van der Waals surface area (Å²) in [7, 11) is 3.02. The van der Waals surface area contributed by atoms with E-state index in [2.05, 4.69) is 13.2 Å². The van der Waals surface area contributed by atoms with Gasteiger partial charge in [0, 0.05) is 11.6 Å². The van der Waals surface area contributed by atoms with Gasteiger partial charge < -0.3 is 9.47 Å². The summed E-state index contributed by atoms with van der Waals surface area (Å²) in [6.07, 6.45) is 0. The van der Waals surface area contributed by atoms with Gasteiger partial charge in [0.05, 0.1) is 14.2 Å². The summed E-state index contributed by atoms with van der Waals surface area (Å²) in [6, 6.07) is 4.78. The number of benzene rings is 1. The van der Waals surface area contributed by atoms with Gasteiger partial charge in [-0.3, -0.25) is 4.79 Å². The molecule has 0 saturated carbocycles. The standard InChI is InChI=1S/C9H9ClO3.2C2H6.C2H4/c1-12-7-3-6(9(10)11)4-8(5-7)13-2;3*1-2/h3-5H,1-2H3;2*1-2H3;1-2H2. The lowest BCUT2D eigenvalue weighted by Gasteiger charge is -2.05. The summed E-state index contributed by atoms with van der Waals surface area (Å²) in [5.41, 5.74) is 0.359. The van der Waals surface area contributed by atoms with Crippen LogP contribution < -0.4 is 9.47 Å². The number of ether oxygens (including phenoxy) is 2. The molecule has 0 aliphatic rings. The molecule has 0 aliphatic carbocycles. The van der Waals surface area contributed by atoms with Gasteiger partial charge in [0.2, 0.25) is 0 Å². The summed E-state index contributed by atoms with van der Waals surface area (Å²) < 4.78 is 9.91. The third-order valence-electron chi connectivity index (χ3n) is 1.58. The second kappa shape index (κ2) is 16.5. The molecule has 0 fully saturated rings. The van der Waals surface area contributed by atoms with Gasteiger partial charge in [-0.1, -0.05) is 27.7 Å². The zero-order valence-electron chi connectivity index (χ0n) is 12.7. The second-order valence-corrected chi connectivity index (χ2v) is 2.72. The number of methoxy groups -OCH3 is 2. The average Bonchev–Trinajstić information content (AvgIpc) is 2.52. The van der Waals surface area contributed by atoms with Crippen LogP contribution in [0.4, 0.5) is 0 Å². The molecule has 1 aromatic carbocycles. The van der Waals surface area contributed by atoms with E-state index in [1.807, 2.05) is 27.7 Å². The molecule has 0 N–H and O–H groups in total. The van der Waals surface area contributed by atoms with Crippen molar-refractivity contribution in [2.75, 3.05) is 14.2 Å². The van der Waals surface area contributed by atoms with Crippen LogP contribution in [-0.4, -0.2) is 19.5 Å². The molecule has 4 heteroatoms. The van der Waals surface area contributed by atoms with E-state index in [9.17, 15) is 4.79 Å². The molecule has 0 aromatic heterocycles. The van der Waals surface area contributed by atoms with E-state index in [0.29, 0.717) is 17.1 Å². The van der Waals surface area contributed by atoms with Crippen LogP contribution >= 0.6 is 11.6 Å². The number of hydrogen-bond donors (Lipinski definition) is 0. The van der Waals surface area contributed by atoms with E-state index in [-0.39, 0.29) is 0 Å². The molecule has 19 heavy (non-hydrogen) atoms. The SMILES string of the molecule is C=C.CC.CC.COc1cc(OC)cc(C(=O)Cl)c1. The number of rotatable bonds is 3. The predicted octanol–water partition coefficient (Wildman–Crippen LogP) is 4.94. The highest BCUT2D eigenvalue weighted by molar-refractivity contribution is 6.67. The van der Waals surface area contributed by atoms with Gasteiger partial charge in [0.1, 0.15) is 11.5 Å². The number of carbonyl (C=O) groups is 1. The van der Waals surface area contributed by atoms with Crippen LogP contribution in [0.2, 0.25) is 0 Å². The maximum absolute atomic E-state index is 10.8. The Balaban J connectivity index is -0.000000375. The minimum atomic E-state index is -0.530. The normalized spacial score (nSPS) is 7.32. The van der Waals surface area contributed by atoms with Crippen molar-refractivity contribution in [1.29, 1.82) is 0 Å². The highest BCUT2D eigenvalue weighted by atomic mass is 35.5. The Morgan fingerprint density at radius 3 is 1.47 bits per heavy atom. The van der Waals surface area contributed by atoms with Gasteiger partial charge in [-0.2, -0.15) is 0 Å². The largest absolute Gasteiger partial charge is 0.497 e. The lowest BCUT2D eigenvalue weighted by atomic mass is 10.2. The Hall–Kier alpha value is -1.48. The van der Waals surface area contributed by atoms with Gasteiger partial charge in [0.25, 0.3) is 5.24 Å². The zero-order valence-corrected chi connectivity index (χ0v) is 13.5. The molecule has 1 aromatic rings. The smallest absolute Gasteiger partial charge is 0.252 e. The molecule has 0 amide bonds. The van der Waals surface area contributed by atoms with Crippen LogP contribution in [0.5, 0.6) is 11.5 Å². The van der Waals surface area contributed by atoms with Crippen LogP contribution in [0, 0.1) is 0 Å². The topological polar surface area (TPSA) is 35.5 Å². The number of hydrogen-bond acceptors (Lipinski definition) is 3. The highest BCUT2D eigenvalue weighted by Crippen LogP contribution is 2.23. The Bertz CT molecular complexity index is 316. The minimum absolute atomic E-state index is 0.359. The molecule has 0 atom stereocenters. The average molecular weight is 289 g/mol. The fraction of sp³-hybridized carbons (Fsp3) is 0.400. The van der Waals surface area contributed by atoms with Crippen molar-refractivity contribution < 1.29 is 14.3 Å². The lowest BCUT2D eigenvalue weighted by molar-refractivity contribution is 0.108. The second-order valence-electron chi connectivity index (χ2n) is 2.38. The maximum atomic E-state index is 10.8. The Morgan fingerprint density at radius 2 is 1.26 bits per heavy atom. The number of halogens is 1. The summed E-state index contributed by atoms with van der Waals surface area (Å²) in [4.78, 5) is 10.8. The first kappa shape index (κ1) is 22.7. The summed E-state index contributed by atoms with van der Waals surface area (Å²) >= 11 is 5.31. The molecular formula is C15H25ClO3. The van der Waals surface area contributed by atoms with E-state index in [0.717, 1.165) is 0 Å². The van der Waals surface area contributed by atoms with Gasteiger partial charge in [-0.25, -0.2) is 0 Å². The summed E-state index contributed by atoms with van der Waals surface area (Å²) in [5, 5.41) is -0.530. The summed E-state index contributed by atoms with van der Waals surface area (Å²) in [5.74, 6) is 1.09. The van der Waals surface area contributed by atoms with Crippen molar-refractivity contribution in [3.05, 3.63) is 36.9 Å². The minimum Gasteiger partial charge on any atom is -0.497 e. The van der Waals surface area contributed by atoms with E-state index in [4.69, 9.17) is 21.1 Å². The van der Waals surface area contributed by atoms with Crippen molar-refractivity contribution in [3.63, 3.8) is 0 Å². The van der Waals surface area contributed by atoms with Gasteiger partial charge >= 0.3 is 0 Å².